The maximum Gasteiger partial charge on any atom is 0.227 e. The van der Waals surface area contributed by atoms with Crippen molar-refractivity contribution in [3.05, 3.63) is 34.9 Å². The van der Waals surface area contributed by atoms with Crippen molar-refractivity contribution < 1.29 is 4.79 Å². The largest absolute Gasteiger partial charge is 0.339 e. The lowest BCUT2D eigenvalue weighted by Crippen LogP contribution is -2.56. The fourth-order valence-corrected chi connectivity index (χ4v) is 2.80. The number of nitrogens with zero attached hydrogens (tertiary/aromatic N) is 1. The van der Waals surface area contributed by atoms with Crippen LogP contribution in [0.1, 0.15) is 30.5 Å². The van der Waals surface area contributed by atoms with E-state index in [1.165, 1.54) is 11.1 Å². The van der Waals surface area contributed by atoms with Crippen LogP contribution >= 0.6 is 12.4 Å². The molecule has 1 aliphatic rings. The first-order valence-corrected chi connectivity index (χ1v) is 7.05. The van der Waals surface area contributed by atoms with Crippen LogP contribution in [-0.4, -0.2) is 36.0 Å². The molecule has 2 atom stereocenters. The highest BCUT2D eigenvalue weighted by Gasteiger charge is 2.24. The molecule has 2 unspecified atom stereocenters. The van der Waals surface area contributed by atoms with Crippen molar-refractivity contribution >= 4 is 18.3 Å². The van der Waals surface area contributed by atoms with Crippen molar-refractivity contribution in [2.45, 2.75) is 46.2 Å². The number of carbonyl (C=O) groups excluding carboxylic acids is 1. The van der Waals surface area contributed by atoms with Gasteiger partial charge in [0, 0.05) is 25.2 Å². The summed E-state index contributed by atoms with van der Waals surface area (Å²) in [6.07, 6.45) is 0.521. The van der Waals surface area contributed by atoms with Crippen molar-refractivity contribution in [3.63, 3.8) is 0 Å². The Bertz CT molecular complexity index is 466. The first-order chi connectivity index (χ1) is 8.95. The Morgan fingerprint density at radius 1 is 1.25 bits per heavy atom. The summed E-state index contributed by atoms with van der Waals surface area (Å²) in [6, 6.07) is 7.08. The van der Waals surface area contributed by atoms with Crippen molar-refractivity contribution in [3.8, 4) is 0 Å². The van der Waals surface area contributed by atoms with Crippen LogP contribution in [0.15, 0.2) is 18.2 Å². The van der Waals surface area contributed by atoms with E-state index in [4.69, 9.17) is 0 Å². The molecule has 0 saturated carbocycles. The number of piperazine rings is 1. The molecule has 1 amide bonds. The molecule has 0 aromatic heterocycles. The Labute approximate surface area is 128 Å². The van der Waals surface area contributed by atoms with Gasteiger partial charge in [0.1, 0.15) is 0 Å². The number of nitrogens with one attached hydrogen (secondary N) is 1. The number of hydrogen-bond acceptors (Lipinski definition) is 2. The van der Waals surface area contributed by atoms with E-state index in [0.717, 1.165) is 18.7 Å². The molecule has 4 heteroatoms. The van der Waals surface area contributed by atoms with Gasteiger partial charge in [-0.05, 0) is 38.8 Å². The van der Waals surface area contributed by atoms with Crippen LogP contribution in [0.3, 0.4) is 0 Å². The third-order valence-electron chi connectivity index (χ3n) is 3.76. The fraction of sp³-hybridized carbons (Fsp3) is 0.562. The number of amides is 1. The molecule has 0 spiro atoms. The third kappa shape index (κ3) is 4.22. The highest BCUT2D eigenvalue weighted by Crippen LogP contribution is 2.14. The van der Waals surface area contributed by atoms with Crippen molar-refractivity contribution in [2.75, 3.05) is 13.1 Å². The van der Waals surface area contributed by atoms with E-state index in [0.29, 0.717) is 18.5 Å². The predicted molar refractivity (Wildman–Crippen MR) is 85.5 cm³/mol. The SMILES string of the molecule is Cc1ccc(C)c(CC(=O)N2CC(C)NC(C)C2)c1.Cl. The van der Waals surface area contributed by atoms with Crippen LogP contribution in [0.2, 0.25) is 0 Å². The lowest BCUT2D eigenvalue weighted by Gasteiger charge is -2.36. The molecule has 0 radical (unpaired) electrons. The number of hydrogen-bond donors (Lipinski definition) is 1. The number of rotatable bonds is 2. The molecule has 0 bridgehead atoms. The van der Waals surface area contributed by atoms with Gasteiger partial charge in [-0.3, -0.25) is 4.79 Å². The zero-order valence-electron chi connectivity index (χ0n) is 12.8. The van der Waals surface area contributed by atoms with Crippen molar-refractivity contribution in [2.24, 2.45) is 0 Å². The van der Waals surface area contributed by atoms with Crippen LogP contribution in [0.25, 0.3) is 0 Å². The molecule has 0 aliphatic carbocycles. The second-order valence-corrected chi connectivity index (χ2v) is 5.87. The normalized spacial score (nSPS) is 22.3. The minimum Gasteiger partial charge on any atom is -0.339 e. The summed E-state index contributed by atoms with van der Waals surface area (Å²) >= 11 is 0. The van der Waals surface area contributed by atoms with Crippen LogP contribution in [0.5, 0.6) is 0 Å². The van der Waals surface area contributed by atoms with Gasteiger partial charge in [-0.15, -0.1) is 12.4 Å². The van der Waals surface area contributed by atoms with Gasteiger partial charge < -0.3 is 10.2 Å². The summed E-state index contributed by atoms with van der Waals surface area (Å²) in [4.78, 5) is 14.4. The fourth-order valence-electron chi connectivity index (χ4n) is 2.80. The molecule has 1 aliphatic heterocycles. The molecular weight excluding hydrogens is 272 g/mol. The number of carbonyl (C=O) groups is 1. The number of aryl methyl sites for hydroxylation is 2. The van der Waals surface area contributed by atoms with Crippen molar-refractivity contribution in [1.29, 1.82) is 0 Å². The zero-order chi connectivity index (χ0) is 14.0. The van der Waals surface area contributed by atoms with E-state index >= 15 is 0 Å². The minimum absolute atomic E-state index is 0. The molecule has 1 fully saturated rings. The lowest BCUT2D eigenvalue weighted by atomic mass is 10.0. The van der Waals surface area contributed by atoms with Crippen LogP contribution < -0.4 is 5.32 Å². The Morgan fingerprint density at radius 2 is 1.85 bits per heavy atom. The maximum atomic E-state index is 12.4. The summed E-state index contributed by atoms with van der Waals surface area (Å²) < 4.78 is 0. The topological polar surface area (TPSA) is 32.3 Å². The average molecular weight is 297 g/mol. The van der Waals surface area contributed by atoms with Gasteiger partial charge in [0.25, 0.3) is 0 Å². The predicted octanol–water partition coefficient (Wildman–Crippen LogP) is 2.48. The molecule has 1 aromatic rings. The standard InChI is InChI=1S/C16H24N2O.ClH/c1-11-5-6-12(2)15(7-11)8-16(19)18-9-13(3)17-14(4)10-18;/h5-7,13-14,17H,8-10H2,1-4H3;1H. The summed E-state index contributed by atoms with van der Waals surface area (Å²) in [5, 5.41) is 3.45. The van der Waals surface area contributed by atoms with Crippen LogP contribution in [0, 0.1) is 13.8 Å². The van der Waals surface area contributed by atoms with E-state index in [-0.39, 0.29) is 18.3 Å². The smallest absolute Gasteiger partial charge is 0.227 e. The summed E-state index contributed by atoms with van der Waals surface area (Å²) in [5.41, 5.74) is 3.58. The second-order valence-electron chi connectivity index (χ2n) is 5.87. The molecule has 20 heavy (non-hydrogen) atoms. The zero-order valence-corrected chi connectivity index (χ0v) is 13.6. The van der Waals surface area contributed by atoms with Gasteiger partial charge in [-0.25, -0.2) is 0 Å². The molecule has 1 saturated heterocycles. The Morgan fingerprint density at radius 3 is 2.45 bits per heavy atom. The summed E-state index contributed by atoms with van der Waals surface area (Å²) in [6.45, 7) is 10.0. The van der Waals surface area contributed by atoms with E-state index in [2.05, 4.69) is 51.2 Å². The molecule has 112 valence electrons. The molecule has 1 aromatic carbocycles. The highest BCUT2D eigenvalue weighted by molar-refractivity contribution is 5.85. The lowest BCUT2D eigenvalue weighted by molar-refractivity contribution is -0.132. The van der Waals surface area contributed by atoms with E-state index in [1.807, 2.05) is 4.90 Å². The Kier molecular flexibility index (Phi) is 6.03. The third-order valence-corrected chi connectivity index (χ3v) is 3.76. The van der Waals surface area contributed by atoms with Gasteiger partial charge >= 0.3 is 0 Å². The Balaban J connectivity index is 0.00000200. The molecule has 1 heterocycles. The van der Waals surface area contributed by atoms with Gasteiger partial charge in [-0.1, -0.05) is 23.8 Å². The first-order valence-electron chi connectivity index (χ1n) is 7.05. The van der Waals surface area contributed by atoms with E-state index in [9.17, 15) is 4.79 Å². The average Bonchev–Trinajstić information content (AvgIpc) is 2.32. The van der Waals surface area contributed by atoms with Crippen LogP contribution in [-0.2, 0) is 11.2 Å². The van der Waals surface area contributed by atoms with Crippen LogP contribution in [0.4, 0.5) is 0 Å². The molecule has 3 nitrogen and oxygen atoms in total. The second kappa shape index (κ2) is 7.09. The van der Waals surface area contributed by atoms with Gasteiger partial charge in [-0.2, -0.15) is 0 Å². The number of halogens is 1. The molecule has 1 N–H and O–H groups in total. The summed E-state index contributed by atoms with van der Waals surface area (Å²) in [7, 11) is 0. The quantitative estimate of drug-likeness (QED) is 0.909. The number of benzene rings is 1. The van der Waals surface area contributed by atoms with Crippen molar-refractivity contribution in [1.82, 2.24) is 10.2 Å². The first kappa shape index (κ1) is 17.0. The van der Waals surface area contributed by atoms with E-state index in [1.54, 1.807) is 0 Å². The van der Waals surface area contributed by atoms with E-state index < -0.39 is 0 Å². The van der Waals surface area contributed by atoms with Gasteiger partial charge in [0.15, 0.2) is 0 Å². The Hall–Kier alpha value is -1.06. The highest BCUT2D eigenvalue weighted by atomic mass is 35.5. The summed E-state index contributed by atoms with van der Waals surface area (Å²) in [5.74, 6) is 0.244. The maximum absolute atomic E-state index is 12.4. The van der Waals surface area contributed by atoms with Gasteiger partial charge in [0.2, 0.25) is 5.91 Å². The monoisotopic (exact) mass is 296 g/mol. The molecular formula is C16H25ClN2O. The molecule has 2 rings (SSSR count). The van der Waals surface area contributed by atoms with Gasteiger partial charge in [0.05, 0.1) is 6.42 Å². The minimum atomic E-state index is 0.